The highest BCUT2D eigenvalue weighted by Gasteiger charge is 2.30. The lowest BCUT2D eigenvalue weighted by atomic mass is 10.0. The minimum atomic E-state index is -0.0529. The molecular formula is C20H26ClN3OS. The van der Waals surface area contributed by atoms with Crippen LogP contribution in [0.2, 0.25) is 5.02 Å². The molecule has 1 aromatic heterocycles. The number of thiophene rings is 1. The second-order valence-corrected chi connectivity index (χ2v) is 8.12. The van der Waals surface area contributed by atoms with Crippen LogP contribution in [-0.2, 0) is 0 Å². The van der Waals surface area contributed by atoms with Crippen molar-refractivity contribution in [2.24, 2.45) is 0 Å². The summed E-state index contributed by atoms with van der Waals surface area (Å²) in [7, 11) is 0. The monoisotopic (exact) mass is 391 g/mol. The van der Waals surface area contributed by atoms with E-state index in [1.54, 1.807) is 35.6 Å². The Balaban J connectivity index is 1.72. The van der Waals surface area contributed by atoms with E-state index in [4.69, 9.17) is 11.6 Å². The zero-order valence-corrected chi connectivity index (χ0v) is 16.9. The Morgan fingerprint density at radius 3 is 2.46 bits per heavy atom. The molecule has 1 aliphatic rings. The summed E-state index contributed by atoms with van der Waals surface area (Å²) in [5.74, 6) is -0.0529. The highest BCUT2D eigenvalue weighted by atomic mass is 35.5. The third-order valence-corrected chi connectivity index (χ3v) is 6.22. The molecule has 0 bridgehead atoms. The van der Waals surface area contributed by atoms with Gasteiger partial charge in [-0.25, -0.2) is 0 Å². The van der Waals surface area contributed by atoms with Crippen molar-refractivity contribution in [2.45, 2.75) is 25.9 Å². The summed E-state index contributed by atoms with van der Waals surface area (Å²) in [5.41, 5.74) is 0.641. The van der Waals surface area contributed by atoms with Crippen LogP contribution in [0.25, 0.3) is 0 Å². The molecule has 1 aliphatic heterocycles. The van der Waals surface area contributed by atoms with Crippen molar-refractivity contribution < 1.29 is 4.79 Å². The SMILES string of the molecule is CCN1CCN([C@H](c2cccs2)[C@@H](C)NC(=O)c2ccc(Cl)cc2)CC1. The van der Waals surface area contributed by atoms with Gasteiger partial charge in [-0.3, -0.25) is 9.69 Å². The maximum absolute atomic E-state index is 12.6. The Hall–Kier alpha value is -1.40. The number of halogens is 1. The number of benzene rings is 1. The number of nitrogens with zero attached hydrogens (tertiary/aromatic N) is 2. The quantitative estimate of drug-likeness (QED) is 0.811. The summed E-state index contributed by atoms with van der Waals surface area (Å²) in [6, 6.07) is 11.5. The van der Waals surface area contributed by atoms with Crippen molar-refractivity contribution in [2.75, 3.05) is 32.7 Å². The number of hydrogen-bond acceptors (Lipinski definition) is 4. The van der Waals surface area contributed by atoms with E-state index in [-0.39, 0.29) is 18.0 Å². The average Bonchev–Trinajstić information content (AvgIpc) is 3.17. The van der Waals surface area contributed by atoms with Crippen LogP contribution in [0.15, 0.2) is 41.8 Å². The molecule has 6 heteroatoms. The lowest BCUT2D eigenvalue weighted by molar-refractivity contribution is 0.0753. The highest BCUT2D eigenvalue weighted by Crippen LogP contribution is 2.29. The molecule has 0 saturated carbocycles. The fraction of sp³-hybridized carbons (Fsp3) is 0.450. The van der Waals surface area contributed by atoms with Crippen LogP contribution in [0.3, 0.4) is 0 Å². The minimum Gasteiger partial charge on any atom is -0.348 e. The Morgan fingerprint density at radius 1 is 1.19 bits per heavy atom. The number of hydrogen-bond donors (Lipinski definition) is 1. The van der Waals surface area contributed by atoms with Gasteiger partial charge in [0.05, 0.1) is 6.04 Å². The first-order chi connectivity index (χ1) is 12.6. The molecule has 0 spiro atoms. The molecule has 1 aromatic carbocycles. The Kier molecular flexibility index (Phi) is 6.70. The Bertz CT molecular complexity index is 696. The summed E-state index contributed by atoms with van der Waals surface area (Å²) in [6.45, 7) is 9.62. The largest absolute Gasteiger partial charge is 0.348 e. The van der Waals surface area contributed by atoms with Crippen LogP contribution in [0.1, 0.15) is 35.1 Å². The number of amides is 1. The smallest absolute Gasteiger partial charge is 0.251 e. The van der Waals surface area contributed by atoms with Crippen molar-refractivity contribution in [3.8, 4) is 0 Å². The van der Waals surface area contributed by atoms with Crippen LogP contribution in [0.4, 0.5) is 0 Å². The molecule has 3 rings (SSSR count). The maximum atomic E-state index is 12.6. The van der Waals surface area contributed by atoms with Crippen molar-refractivity contribution in [3.63, 3.8) is 0 Å². The Labute approximate surface area is 164 Å². The highest BCUT2D eigenvalue weighted by molar-refractivity contribution is 7.10. The predicted octanol–water partition coefficient (Wildman–Crippen LogP) is 3.90. The van der Waals surface area contributed by atoms with Gasteiger partial charge in [0.15, 0.2) is 0 Å². The molecule has 2 aromatic rings. The van der Waals surface area contributed by atoms with Crippen molar-refractivity contribution in [1.82, 2.24) is 15.1 Å². The van der Waals surface area contributed by atoms with Gasteiger partial charge in [0.25, 0.3) is 5.91 Å². The second kappa shape index (κ2) is 9.00. The molecule has 4 nitrogen and oxygen atoms in total. The van der Waals surface area contributed by atoms with E-state index in [1.807, 2.05) is 0 Å². The summed E-state index contributed by atoms with van der Waals surface area (Å²) < 4.78 is 0. The van der Waals surface area contributed by atoms with E-state index in [2.05, 4.69) is 46.5 Å². The van der Waals surface area contributed by atoms with E-state index in [1.165, 1.54) is 4.88 Å². The second-order valence-electron chi connectivity index (χ2n) is 6.70. The van der Waals surface area contributed by atoms with Crippen LogP contribution in [-0.4, -0.2) is 54.5 Å². The number of carbonyl (C=O) groups is 1. The van der Waals surface area contributed by atoms with Crippen LogP contribution in [0, 0.1) is 0 Å². The number of carbonyl (C=O) groups excluding carboxylic acids is 1. The first kappa shape index (κ1) is 19.4. The van der Waals surface area contributed by atoms with Gasteiger partial charge in [-0.2, -0.15) is 0 Å². The van der Waals surface area contributed by atoms with Gasteiger partial charge in [0.1, 0.15) is 0 Å². The topological polar surface area (TPSA) is 35.6 Å². The van der Waals surface area contributed by atoms with Crippen molar-refractivity contribution >= 4 is 28.8 Å². The fourth-order valence-electron chi connectivity index (χ4n) is 3.53. The first-order valence-electron chi connectivity index (χ1n) is 9.14. The zero-order valence-electron chi connectivity index (χ0n) is 15.3. The summed E-state index contributed by atoms with van der Waals surface area (Å²) in [6.07, 6.45) is 0. The molecule has 1 saturated heterocycles. The number of rotatable bonds is 6. The number of piperazine rings is 1. The van der Waals surface area contributed by atoms with E-state index in [0.29, 0.717) is 10.6 Å². The third kappa shape index (κ3) is 4.65. The van der Waals surface area contributed by atoms with Crippen LogP contribution >= 0.6 is 22.9 Å². The van der Waals surface area contributed by atoms with Gasteiger partial charge in [-0.1, -0.05) is 24.6 Å². The van der Waals surface area contributed by atoms with E-state index < -0.39 is 0 Å². The molecule has 2 heterocycles. The fourth-order valence-corrected chi connectivity index (χ4v) is 4.62. The summed E-state index contributed by atoms with van der Waals surface area (Å²) >= 11 is 7.68. The molecule has 0 aliphatic carbocycles. The predicted molar refractivity (Wildman–Crippen MR) is 109 cm³/mol. The molecule has 0 radical (unpaired) electrons. The van der Waals surface area contributed by atoms with Crippen molar-refractivity contribution in [1.29, 1.82) is 0 Å². The average molecular weight is 392 g/mol. The normalized spacial score (nSPS) is 18.4. The third-order valence-electron chi connectivity index (χ3n) is 5.02. The van der Waals surface area contributed by atoms with Crippen molar-refractivity contribution in [3.05, 3.63) is 57.2 Å². The van der Waals surface area contributed by atoms with Gasteiger partial charge < -0.3 is 10.2 Å². The number of likely N-dealkylation sites (N-methyl/N-ethyl adjacent to an activating group) is 1. The number of nitrogens with one attached hydrogen (secondary N) is 1. The summed E-state index contributed by atoms with van der Waals surface area (Å²) in [5, 5.41) is 5.94. The molecule has 140 valence electrons. The van der Waals surface area contributed by atoms with Gasteiger partial charge >= 0.3 is 0 Å². The standard InChI is InChI=1S/C20H26ClN3OS/c1-3-23-10-12-24(13-11-23)19(18-5-4-14-26-18)15(2)22-20(25)16-6-8-17(21)9-7-16/h4-9,14-15,19H,3,10-13H2,1-2H3,(H,22,25)/t15-,19+/m1/s1. The van der Waals surface area contributed by atoms with E-state index in [9.17, 15) is 4.79 Å². The molecule has 1 N–H and O–H groups in total. The lowest BCUT2D eigenvalue weighted by Gasteiger charge is -2.41. The van der Waals surface area contributed by atoms with E-state index in [0.717, 1.165) is 32.7 Å². The van der Waals surface area contributed by atoms with Gasteiger partial charge in [-0.15, -0.1) is 11.3 Å². The summed E-state index contributed by atoms with van der Waals surface area (Å²) in [4.78, 5) is 18.9. The first-order valence-corrected chi connectivity index (χ1v) is 10.4. The van der Waals surface area contributed by atoms with Gasteiger partial charge in [0.2, 0.25) is 0 Å². The molecule has 2 atom stereocenters. The van der Waals surface area contributed by atoms with Gasteiger partial charge in [0, 0.05) is 47.7 Å². The molecular weight excluding hydrogens is 366 g/mol. The lowest BCUT2D eigenvalue weighted by Crippen LogP contribution is -2.52. The minimum absolute atomic E-state index is 0.0185. The van der Waals surface area contributed by atoms with E-state index >= 15 is 0 Å². The Morgan fingerprint density at radius 2 is 1.88 bits per heavy atom. The van der Waals surface area contributed by atoms with Crippen LogP contribution < -0.4 is 5.32 Å². The molecule has 26 heavy (non-hydrogen) atoms. The molecule has 1 fully saturated rings. The maximum Gasteiger partial charge on any atom is 0.251 e. The van der Waals surface area contributed by atoms with Crippen LogP contribution in [0.5, 0.6) is 0 Å². The van der Waals surface area contributed by atoms with Gasteiger partial charge in [-0.05, 0) is 49.2 Å². The molecule has 0 unspecified atom stereocenters. The molecule has 1 amide bonds. The zero-order chi connectivity index (χ0) is 18.5.